The average Bonchev–Trinajstić information content (AvgIpc) is 2.40. The Bertz CT molecular complexity index is 643. The second-order valence-corrected chi connectivity index (χ2v) is 5.94. The molecule has 0 atom stereocenters. The predicted molar refractivity (Wildman–Crippen MR) is 69.3 cm³/mol. The molecule has 0 radical (unpaired) electrons. The fourth-order valence-corrected chi connectivity index (χ4v) is 2.52. The summed E-state index contributed by atoms with van der Waals surface area (Å²) >= 11 is 0. The van der Waals surface area contributed by atoms with Gasteiger partial charge in [0.25, 0.3) is 0 Å². The molecule has 0 amide bonds. The summed E-state index contributed by atoms with van der Waals surface area (Å²) in [7, 11) is -2.14. The quantitative estimate of drug-likeness (QED) is 0.862. The van der Waals surface area contributed by atoms with Crippen LogP contribution in [0.4, 0.5) is 5.95 Å². The molecule has 0 aliphatic carbocycles. The first kappa shape index (κ1) is 13.4. The number of hydrogen-bond donors (Lipinski definition) is 1. The minimum atomic E-state index is -3.63. The third-order valence-electron chi connectivity index (χ3n) is 2.48. The van der Waals surface area contributed by atoms with E-state index in [9.17, 15) is 8.42 Å². The van der Waals surface area contributed by atoms with E-state index in [1.54, 1.807) is 24.5 Å². The van der Waals surface area contributed by atoms with Crippen molar-refractivity contribution in [2.24, 2.45) is 0 Å². The van der Waals surface area contributed by atoms with Crippen LogP contribution in [0.25, 0.3) is 0 Å². The van der Waals surface area contributed by atoms with Gasteiger partial charge in [-0.05, 0) is 11.6 Å². The molecule has 7 nitrogen and oxygen atoms in total. The van der Waals surface area contributed by atoms with Crippen LogP contribution in [0.2, 0.25) is 0 Å². The van der Waals surface area contributed by atoms with E-state index in [1.165, 1.54) is 23.7 Å². The minimum absolute atomic E-state index is 0.00749. The Hall–Kier alpha value is -2.06. The van der Waals surface area contributed by atoms with E-state index in [4.69, 9.17) is 5.73 Å². The highest BCUT2D eigenvalue weighted by atomic mass is 32.2. The molecule has 0 aromatic carbocycles. The lowest BCUT2D eigenvalue weighted by Gasteiger charge is -2.16. The van der Waals surface area contributed by atoms with E-state index in [-0.39, 0.29) is 17.4 Å². The van der Waals surface area contributed by atoms with Crippen LogP contribution in [-0.2, 0) is 16.6 Å². The highest BCUT2D eigenvalue weighted by Crippen LogP contribution is 2.14. The maximum Gasteiger partial charge on any atom is 0.246 e. The molecule has 2 aromatic rings. The highest BCUT2D eigenvalue weighted by Gasteiger charge is 2.21. The molecule has 0 bridgehead atoms. The molecule has 0 fully saturated rings. The van der Waals surface area contributed by atoms with Crippen molar-refractivity contribution in [3.63, 3.8) is 0 Å². The molecule has 0 saturated carbocycles. The van der Waals surface area contributed by atoms with Gasteiger partial charge in [-0.1, -0.05) is 6.07 Å². The van der Waals surface area contributed by atoms with Gasteiger partial charge in [0.15, 0.2) is 0 Å². The smallest absolute Gasteiger partial charge is 0.246 e. The van der Waals surface area contributed by atoms with E-state index < -0.39 is 10.0 Å². The highest BCUT2D eigenvalue weighted by molar-refractivity contribution is 7.89. The Kier molecular flexibility index (Phi) is 3.72. The molecule has 2 aromatic heterocycles. The van der Waals surface area contributed by atoms with Gasteiger partial charge in [0.2, 0.25) is 16.0 Å². The molecule has 0 saturated heterocycles. The Morgan fingerprint density at radius 1 is 1.26 bits per heavy atom. The summed E-state index contributed by atoms with van der Waals surface area (Å²) in [5.74, 6) is 0.0360. The SMILES string of the molecule is CN(Cc1cccnc1)S(=O)(=O)c1cnc(N)nc1. The Labute approximate surface area is 111 Å². The van der Waals surface area contributed by atoms with E-state index in [1.807, 2.05) is 0 Å². The zero-order chi connectivity index (χ0) is 13.9. The van der Waals surface area contributed by atoms with Crippen molar-refractivity contribution in [2.75, 3.05) is 12.8 Å². The monoisotopic (exact) mass is 279 g/mol. The van der Waals surface area contributed by atoms with E-state index in [2.05, 4.69) is 15.0 Å². The fourth-order valence-electron chi connectivity index (χ4n) is 1.47. The molecule has 8 heteroatoms. The molecule has 0 aliphatic heterocycles. The molecule has 2 N–H and O–H groups in total. The second kappa shape index (κ2) is 5.29. The van der Waals surface area contributed by atoms with Crippen LogP contribution in [0.3, 0.4) is 0 Å². The van der Waals surface area contributed by atoms with Gasteiger partial charge >= 0.3 is 0 Å². The summed E-state index contributed by atoms with van der Waals surface area (Å²) in [5.41, 5.74) is 6.13. The third kappa shape index (κ3) is 3.04. The first-order chi connectivity index (χ1) is 9.00. The van der Waals surface area contributed by atoms with Gasteiger partial charge in [-0.15, -0.1) is 0 Å². The van der Waals surface area contributed by atoms with Gasteiger partial charge in [-0.3, -0.25) is 4.98 Å². The number of pyridine rings is 1. The van der Waals surface area contributed by atoms with Crippen molar-refractivity contribution < 1.29 is 8.42 Å². The zero-order valence-electron chi connectivity index (χ0n) is 10.3. The average molecular weight is 279 g/mol. The normalized spacial score (nSPS) is 11.7. The lowest BCUT2D eigenvalue weighted by molar-refractivity contribution is 0.465. The predicted octanol–water partition coefficient (Wildman–Crippen LogP) is 0.274. The van der Waals surface area contributed by atoms with Gasteiger partial charge in [-0.25, -0.2) is 18.4 Å². The molecule has 2 heterocycles. The van der Waals surface area contributed by atoms with Crippen LogP contribution in [0.1, 0.15) is 5.56 Å². The Morgan fingerprint density at radius 2 is 1.95 bits per heavy atom. The molecule has 19 heavy (non-hydrogen) atoms. The molecule has 0 aliphatic rings. The molecule has 2 rings (SSSR count). The van der Waals surface area contributed by atoms with Crippen molar-refractivity contribution in [3.8, 4) is 0 Å². The summed E-state index contributed by atoms with van der Waals surface area (Å²) < 4.78 is 25.7. The molecular weight excluding hydrogens is 266 g/mol. The third-order valence-corrected chi connectivity index (χ3v) is 4.24. The van der Waals surface area contributed by atoms with Crippen LogP contribution < -0.4 is 5.73 Å². The van der Waals surface area contributed by atoms with Gasteiger partial charge in [0.05, 0.1) is 12.4 Å². The van der Waals surface area contributed by atoms with Gasteiger partial charge in [-0.2, -0.15) is 4.31 Å². The number of rotatable bonds is 4. The van der Waals surface area contributed by atoms with Crippen molar-refractivity contribution in [1.82, 2.24) is 19.3 Å². The number of anilines is 1. The van der Waals surface area contributed by atoms with Crippen LogP contribution in [0.5, 0.6) is 0 Å². The molecule has 100 valence electrons. The summed E-state index contributed by atoms with van der Waals surface area (Å²) in [5, 5.41) is 0. The van der Waals surface area contributed by atoms with Gasteiger partial charge < -0.3 is 5.73 Å². The summed E-state index contributed by atoms with van der Waals surface area (Å²) in [4.78, 5) is 11.3. The zero-order valence-corrected chi connectivity index (χ0v) is 11.1. The number of hydrogen-bond acceptors (Lipinski definition) is 6. The molecular formula is C11H13N5O2S. The van der Waals surface area contributed by atoms with Crippen molar-refractivity contribution in [2.45, 2.75) is 11.4 Å². The van der Waals surface area contributed by atoms with Crippen LogP contribution >= 0.6 is 0 Å². The minimum Gasteiger partial charge on any atom is -0.368 e. The van der Waals surface area contributed by atoms with Crippen molar-refractivity contribution in [3.05, 3.63) is 42.5 Å². The van der Waals surface area contributed by atoms with Crippen LogP contribution in [0, 0.1) is 0 Å². The van der Waals surface area contributed by atoms with Gasteiger partial charge in [0, 0.05) is 26.0 Å². The van der Waals surface area contributed by atoms with E-state index in [0.717, 1.165) is 5.56 Å². The van der Waals surface area contributed by atoms with Crippen molar-refractivity contribution >= 4 is 16.0 Å². The van der Waals surface area contributed by atoms with Gasteiger partial charge in [0.1, 0.15) is 4.90 Å². The number of nitrogens with zero attached hydrogens (tertiary/aromatic N) is 4. The first-order valence-corrected chi connectivity index (χ1v) is 6.87. The Balaban J connectivity index is 2.22. The topological polar surface area (TPSA) is 102 Å². The number of sulfonamides is 1. The largest absolute Gasteiger partial charge is 0.368 e. The number of aromatic nitrogens is 3. The van der Waals surface area contributed by atoms with E-state index >= 15 is 0 Å². The number of nitrogen functional groups attached to an aromatic ring is 1. The van der Waals surface area contributed by atoms with Crippen LogP contribution in [0.15, 0.2) is 41.8 Å². The Morgan fingerprint density at radius 3 is 2.53 bits per heavy atom. The van der Waals surface area contributed by atoms with Crippen LogP contribution in [-0.4, -0.2) is 34.7 Å². The maximum absolute atomic E-state index is 12.2. The van der Waals surface area contributed by atoms with Crippen molar-refractivity contribution in [1.29, 1.82) is 0 Å². The molecule has 0 unspecified atom stereocenters. The lowest BCUT2D eigenvalue weighted by Crippen LogP contribution is -2.26. The summed E-state index contributed by atoms with van der Waals surface area (Å²) in [6, 6.07) is 3.56. The lowest BCUT2D eigenvalue weighted by atomic mass is 10.3. The first-order valence-electron chi connectivity index (χ1n) is 5.43. The fraction of sp³-hybridized carbons (Fsp3) is 0.182. The molecule has 0 spiro atoms. The summed E-state index contributed by atoms with van der Waals surface area (Å²) in [6.07, 6.45) is 5.63. The summed E-state index contributed by atoms with van der Waals surface area (Å²) in [6.45, 7) is 0.223. The second-order valence-electron chi connectivity index (χ2n) is 3.90. The maximum atomic E-state index is 12.2. The number of nitrogens with two attached hydrogens (primary N) is 1. The van der Waals surface area contributed by atoms with E-state index in [0.29, 0.717) is 0 Å². The standard InChI is InChI=1S/C11H13N5O2S/c1-16(8-9-3-2-4-13-5-9)19(17,18)10-6-14-11(12)15-7-10/h2-7H,8H2,1H3,(H2,12,14,15).